The van der Waals surface area contributed by atoms with Crippen LogP contribution in [0.2, 0.25) is 0 Å². The van der Waals surface area contributed by atoms with Gasteiger partial charge < -0.3 is 15.0 Å². The van der Waals surface area contributed by atoms with E-state index in [1.54, 1.807) is 7.11 Å². The zero-order valence-electron chi connectivity index (χ0n) is 9.67. The topological polar surface area (TPSA) is 41.6 Å². The predicted molar refractivity (Wildman–Crippen MR) is 57.3 cm³/mol. The van der Waals surface area contributed by atoms with Gasteiger partial charge >= 0.3 is 0 Å². The Morgan fingerprint density at radius 3 is 2.57 bits per heavy atom. The molecule has 0 aromatic heterocycles. The summed E-state index contributed by atoms with van der Waals surface area (Å²) in [7, 11) is 1.65. The van der Waals surface area contributed by atoms with E-state index in [1.807, 2.05) is 25.7 Å². The first-order valence-corrected chi connectivity index (χ1v) is 5.16. The van der Waals surface area contributed by atoms with Gasteiger partial charge in [-0.25, -0.2) is 0 Å². The molecule has 14 heavy (non-hydrogen) atoms. The molecule has 1 N–H and O–H groups in total. The number of amides is 1. The van der Waals surface area contributed by atoms with Crippen molar-refractivity contribution in [1.29, 1.82) is 0 Å². The summed E-state index contributed by atoms with van der Waals surface area (Å²) in [6, 6.07) is 0.149. The number of carbonyl (C=O) groups excluding carboxylic acids is 1. The van der Waals surface area contributed by atoms with Crippen LogP contribution in [0, 0.1) is 0 Å². The van der Waals surface area contributed by atoms with E-state index in [2.05, 4.69) is 5.32 Å². The van der Waals surface area contributed by atoms with Crippen LogP contribution in [0.25, 0.3) is 0 Å². The smallest absolute Gasteiger partial charge is 0.236 e. The first-order valence-electron chi connectivity index (χ1n) is 5.16. The van der Waals surface area contributed by atoms with Crippen molar-refractivity contribution in [2.75, 3.05) is 33.4 Å². The van der Waals surface area contributed by atoms with Gasteiger partial charge in [0.1, 0.15) is 0 Å². The number of methoxy groups -OCH3 is 1. The molecule has 0 saturated carbocycles. The summed E-state index contributed by atoms with van der Waals surface area (Å²) in [5, 5.41) is 3.03. The van der Waals surface area contributed by atoms with Crippen LogP contribution < -0.4 is 5.32 Å². The van der Waals surface area contributed by atoms with E-state index in [0.717, 1.165) is 13.1 Å². The lowest BCUT2D eigenvalue weighted by atomic mass is 10.3. The van der Waals surface area contributed by atoms with E-state index in [4.69, 9.17) is 4.74 Å². The number of carbonyl (C=O) groups is 1. The highest BCUT2D eigenvalue weighted by Gasteiger charge is 2.17. The standard InChI is InChI=1S/C10H22N2O2/c1-5-11-7-10(13)12(6-2)9(3)8-14-4/h9,11H,5-8H2,1-4H3. The second-order valence-electron chi connectivity index (χ2n) is 3.26. The molecule has 4 nitrogen and oxygen atoms in total. The van der Waals surface area contributed by atoms with Crippen molar-refractivity contribution in [3.63, 3.8) is 0 Å². The van der Waals surface area contributed by atoms with Crippen molar-refractivity contribution in [3.8, 4) is 0 Å². The summed E-state index contributed by atoms with van der Waals surface area (Å²) in [5.74, 6) is 0.138. The normalized spacial score (nSPS) is 12.6. The Balaban J connectivity index is 4.03. The largest absolute Gasteiger partial charge is 0.383 e. The summed E-state index contributed by atoms with van der Waals surface area (Å²) in [6.45, 7) is 8.52. The van der Waals surface area contributed by atoms with Crippen molar-refractivity contribution in [1.82, 2.24) is 10.2 Å². The van der Waals surface area contributed by atoms with E-state index in [9.17, 15) is 4.79 Å². The van der Waals surface area contributed by atoms with E-state index < -0.39 is 0 Å². The molecule has 0 aliphatic rings. The Morgan fingerprint density at radius 2 is 2.14 bits per heavy atom. The Hall–Kier alpha value is -0.610. The zero-order valence-corrected chi connectivity index (χ0v) is 9.67. The van der Waals surface area contributed by atoms with Gasteiger partial charge in [-0.05, 0) is 20.4 Å². The monoisotopic (exact) mass is 202 g/mol. The maximum Gasteiger partial charge on any atom is 0.236 e. The SMILES string of the molecule is CCNCC(=O)N(CC)C(C)COC. The fourth-order valence-corrected chi connectivity index (χ4v) is 1.40. The zero-order chi connectivity index (χ0) is 11.0. The molecule has 0 spiro atoms. The van der Waals surface area contributed by atoms with Crippen molar-refractivity contribution in [2.45, 2.75) is 26.8 Å². The van der Waals surface area contributed by atoms with Crippen molar-refractivity contribution in [3.05, 3.63) is 0 Å². The third-order valence-electron chi connectivity index (χ3n) is 2.13. The quantitative estimate of drug-likeness (QED) is 0.653. The summed E-state index contributed by atoms with van der Waals surface area (Å²) in [6.07, 6.45) is 0. The van der Waals surface area contributed by atoms with E-state index in [-0.39, 0.29) is 11.9 Å². The number of ether oxygens (including phenoxy) is 1. The van der Waals surface area contributed by atoms with Crippen LogP contribution in [0.15, 0.2) is 0 Å². The average Bonchev–Trinajstić information content (AvgIpc) is 2.16. The molecular weight excluding hydrogens is 180 g/mol. The van der Waals surface area contributed by atoms with Crippen molar-refractivity contribution in [2.24, 2.45) is 0 Å². The van der Waals surface area contributed by atoms with Gasteiger partial charge in [-0.1, -0.05) is 6.92 Å². The first kappa shape index (κ1) is 13.4. The lowest BCUT2D eigenvalue weighted by molar-refractivity contribution is -0.133. The second-order valence-corrected chi connectivity index (χ2v) is 3.26. The number of nitrogens with one attached hydrogen (secondary N) is 1. The summed E-state index contributed by atoms with van der Waals surface area (Å²) < 4.78 is 5.03. The van der Waals surface area contributed by atoms with Gasteiger partial charge in [0.05, 0.1) is 19.2 Å². The Bertz CT molecular complexity index is 162. The third-order valence-corrected chi connectivity index (χ3v) is 2.13. The molecule has 0 bridgehead atoms. The Kier molecular flexibility index (Phi) is 7.42. The molecule has 0 aromatic rings. The lowest BCUT2D eigenvalue weighted by Crippen LogP contribution is -2.45. The van der Waals surface area contributed by atoms with Crippen LogP contribution in [0.1, 0.15) is 20.8 Å². The highest BCUT2D eigenvalue weighted by Crippen LogP contribution is 1.99. The molecule has 84 valence electrons. The highest BCUT2D eigenvalue weighted by atomic mass is 16.5. The van der Waals surface area contributed by atoms with Crippen LogP contribution >= 0.6 is 0 Å². The molecule has 0 radical (unpaired) electrons. The van der Waals surface area contributed by atoms with E-state index >= 15 is 0 Å². The number of hydrogen-bond acceptors (Lipinski definition) is 3. The van der Waals surface area contributed by atoms with Gasteiger partial charge in [-0.2, -0.15) is 0 Å². The van der Waals surface area contributed by atoms with E-state index in [0.29, 0.717) is 13.2 Å². The minimum Gasteiger partial charge on any atom is -0.383 e. The van der Waals surface area contributed by atoms with Crippen LogP contribution in [0.4, 0.5) is 0 Å². The van der Waals surface area contributed by atoms with Gasteiger partial charge in [0, 0.05) is 13.7 Å². The van der Waals surface area contributed by atoms with Crippen LogP contribution in [-0.4, -0.2) is 50.2 Å². The first-order chi connectivity index (χ1) is 6.67. The average molecular weight is 202 g/mol. The van der Waals surface area contributed by atoms with Gasteiger partial charge in [0.25, 0.3) is 0 Å². The molecule has 1 atom stereocenters. The fourth-order valence-electron chi connectivity index (χ4n) is 1.40. The number of rotatable bonds is 7. The highest BCUT2D eigenvalue weighted by molar-refractivity contribution is 5.78. The summed E-state index contributed by atoms with van der Waals surface area (Å²) >= 11 is 0. The minimum atomic E-state index is 0.138. The van der Waals surface area contributed by atoms with Crippen molar-refractivity contribution < 1.29 is 9.53 Å². The van der Waals surface area contributed by atoms with Gasteiger partial charge in [0.15, 0.2) is 0 Å². The van der Waals surface area contributed by atoms with Crippen molar-refractivity contribution >= 4 is 5.91 Å². The second kappa shape index (κ2) is 7.76. The van der Waals surface area contributed by atoms with Crippen LogP contribution in [-0.2, 0) is 9.53 Å². The van der Waals surface area contributed by atoms with Gasteiger partial charge in [-0.3, -0.25) is 4.79 Å². The molecular formula is C10H22N2O2. The Labute approximate surface area is 86.6 Å². The van der Waals surface area contributed by atoms with Gasteiger partial charge in [-0.15, -0.1) is 0 Å². The minimum absolute atomic E-state index is 0.138. The van der Waals surface area contributed by atoms with Crippen LogP contribution in [0.3, 0.4) is 0 Å². The third kappa shape index (κ3) is 4.58. The molecule has 0 fully saturated rings. The summed E-state index contributed by atoms with van der Waals surface area (Å²) in [4.78, 5) is 13.5. The molecule has 0 aliphatic heterocycles. The molecule has 1 amide bonds. The maximum atomic E-state index is 11.7. The molecule has 4 heteroatoms. The molecule has 1 unspecified atom stereocenters. The molecule has 0 aliphatic carbocycles. The molecule has 0 saturated heterocycles. The number of nitrogens with zero attached hydrogens (tertiary/aromatic N) is 1. The molecule has 0 heterocycles. The fraction of sp³-hybridized carbons (Fsp3) is 0.900. The Morgan fingerprint density at radius 1 is 1.50 bits per heavy atom. The number of hydrogen-bond donors (Lipinski definition) is 1. The molecule has 0 aromatic carbocycles. The number of likely N-dealkylation sites (N-methyl/N-ethyl adjacent to an activating group) is 2. The summed E-state index contributed by atoms with van der Waals surface area (Å²) in [5.41, 5.74) is 0. The van der Waals surface area contributed by atoms with Gasteiger partial charge in [0.2, 0.25) is 5.91 Å². The van der Waals surface area contributed by atoms with E-state index in [1.165, 1.54) is 0 Å². The van der Waals surface area contributed by atoms with Crippen LogP contribution in [0.5, 0.6) is 0 Å². The predicted octanol–water partition coefficient (Wildman–Crippen LogP) is 0.479. The lowest BCUT2D eigenvalue weighted by Gasteiger charge is -2.27. The maximum absolute atomic E-state index is 11.7. The molecule has 0 rings (SSSR count).